The fourth-order valence-corrected chi connectivity index (χ4v) is 1.65. The van der Waals surface area contributed by atoms with Gasteiger partial charge in [-0.1, -0.05) is 0 Å². The fourth-order valence-electron chi connectivity index (χ4n) is 1.65. The summed E-state index contributed by atoms with van der Waals surface area (Å²) in [5, 5.41) is 8.32. The van der Waals surface area contributed by atoms with E-state index in [1.807, 2.05) is 43.3 Å². The van der Waals surface area contributed by atoms with Crippen LogP contribution in [-0.4, -0.2) is 31.8 Å². The number of benzene rings is 1. The lowest BCUT2D eigenvalue weighted by atomic mass is 10.2. The van der Waals surface area contributed by atoms with Crippen molar-refractivity contribution < 1.29 is 14.7 Å². The molecule has 1 aromatic carbocycles. The van der Waals surface area contributed by atoms with E-state index in [1.165, 1.54) is 0 Å². The van der Waals surface area contributed by atoms with Gasteiger partial charge in [-0.2, -0.15) is 0 Å². The van der Waals surface area contributed by atoms with E-state index < -0.39 is 0 Å². The third-order valence-corrected chi connectivity index (χ3v) is 2.79. The monoisotopic (exact) mass is 266 g/mol. The van der Waals surface area contributed by atoms with Crippen LogP contribution in [0.1, 0.15) is 25.7 Å². The van der Waals surface area contributed by atoms with Crippen LogP contribution in [0.2, 0.25) is 0 Å². The Kier molecular flexibility index (Phi) is 6.74. The molecule has 1 aromatic rings. The quantitative estimate of drug-likeness (QED) is 0.430. The second kappa shape index (κ2) is 8.37. The number of hydrogen-bond donors (Lipinski definition) is 2. The predicted molar refractivity (Wildman–Crippen MR) is 74.7 cm³/mol. The van der Waals surface area contributed by atoms with Crippen molar-refractivity contribution in [3.8, 4) is 5.75 Å². The van der Waals surface area contributed by atoms with Gasteiger partial charge >= 0.3 is 0 Å². The number of hydrogen-bond acceptors (Lipinski definition) is 4. The van der Waals surface area contributed by atoms with Crippen LogP contribution in [0.5, 0.6) is 5.75 Å². The fraction of sp³-hybridized carbons (Fsp3) is 0.500. The molecule has 0 radical (unpaired) electrons. The molecule has 106 valence electrons. The first kappa shape index (κ1) is 15.3. The highest BCUT2D eigenvalue weighted by Crippen LogP contribution is 2.17. The van der Waals surface area contributed by atoms with Crippen LogP contribution in [0.15, 0.2) is 24.3 Å². The molecule has 0 aromatic heterocycles. The normalized spacial score (nSPS) is 10.1. The molecule has 0 bridgehead atoms. The van der Waals surface area contributed by atoms with E-state index in [4.69, 9.17) is 9.94 Å². The van der Waals surface area contributed by atoms with Gasteiger partial charge in [-0.15, -0.1) is 0 Å². The van der Waals surface area contributed by atoms with Crippen molar-refractivity contribution in [3.05, 3.63) is 24.3 Å². The first-order chi connectivity index (χ1) is 9.13. The van der Waals surface area contributed by atoms with Crippen LogP contribution < -0.4 is 15.1 Å². The number of nitrogens with zero attached hydrogens (tertiary/aromatic N) is 1. The Hall–Kier alpha value is -1.75. The number of nitrogens with one attached hydrogen (secondary N) is 1. The largest absolute Gasteiger partial charge is 0.494 e. The van der Waals surface area contributed by atoms with E-state index in [2.05, 4.69) is 0 Å². The third-order valence-electron chi connectivity index (χ3n) is 2.79. The lowest BCUT2D eigenvalue weighted by Gasteiger charge is -2.13. The maximum Gasteiger partial charge on any atom is 0.243 e. The average Bonchev–Trinajstić information content (AvgIpc) is 2.42. The second-order valence-corrected chi connectivity index (χ2v) is 4.58. The predicted octanol–water partition coefficient (Wildman–Crippen LogP) is 2.20. The molecule has 0 aliphatic carbocycles. The molecular weight excluding hydrogens is 244 g/mol. The number of rotatable bonds is 8. The number of carbonyl (C=O) groups is 1. The van der Waals surface area contributed by atoms with Crippen molar-refractivity contribution in [2.75, 3.05) is 25.6 Å². The van der Waals surface area contributed by atoms with Crippen molar-refractivity contribution in [2.45, 2.75) is 25.7 Å². The van der Waals surface area contributed by atoms with Gasteiger partial charge in [-0.25, -0.2) is 5.48 Å². The van der Waals surface area contributed by atoms with Crippen LogP contribution >= 0.6 is 0 Å². The van der Waals surface area contributed by atoms with Gasteiger partial charge in [0.1, 0.15) is 5.75 Å². The Labute approximate surface area is 114 Å². The van der Waals surface area contributed by atoms with Gasteiger partial charge in [0, 0.05) is 26.2 Å². The minimum atomic E-state index is -0.333. The number of hydroxylamine groups is 1. The Morgan fingerprint density at radius 3 is 2.47 bits per heavy atom. The molecule has 1 rings (SSSR count). The van der Waals surface area contributed by atoms with Gasteiger partial charge in [-0.3, -0.25) is 10.0 Å². The van der Waals surface area contributed by atoms with E-state index in [-0.39, 0.29) is 5.91 Å². The smallest absolute Gasteiger partial charge is 0.243 e. The Bertz CT molecular complexity index is 377. The molecule has 0 aliphatic rings. The van der Waals surface area contributed by atoms with Crippen LogP contribution in [0.3, 0.4) is 0 Å². The van der Waals surface area contributed by atoms with E-state index in [9.17, 15) is 4.79 Å². The van der Waals surface area contributed by atoms with Gasteiger partial charge in [0.2, 0.25) is 5.91 Å². The van der Waals surface area contributed by atoms with E-state index in [1.54, 1.807) is 5.48 Å². The first-order valence-electron chi connectivity index (χ1n) is 6.46. The van der Waals surface area contributed by atoms with Crippen molar-refractivity contribution in [3.63, 3.8) is 0 Å². The van der Waals surface area contributed by atoms with Crippen molar-refractivity contribution >= 4 is 11.6 Å². The molecule has 5 nitrogen and oxygen atoms in total. The topological polar surface area (TPSA) is 61.8 Å². The zero-order chi connectivity index (χ0) is 14.1. The number of carbonyl (C=O) groups excluding carboxylic acids is 1. The number of amides is 1. The molecule has 0 heterocycles. The van der Waals surface area contributed by atoms with Gasteiger partial charge in [0.05, 0.1) is 6.61 Å². The van der Waals surface area contributed by atoms with Gasteiger partial charge < -0.3 is 9.64 Å². The molecule has 0 spiro atoms. The summed E-state index contributed by atoms with van der Waals surface area (Å²) in [6.45, 7) is 0.641. The summed E-state index contributed by atoms with van der Waals surface area (Å²) >= 11 is 0. The standard InChI is InChI=1S/C14H22N2O3/c1-16(2)12-7-9-13(10-8-12)19-11-5-3-4-6-14(17)15-18/h7-10,18H,3-6,11H2,1-2H3,(H,15,17). The van der Waals surface area contributed by atoms with E-state index in [0.29, 0.717) is 13.0 Å². The molecule has 0 atom stereocenters. The van der Waals surface area contributed by atoms with Crippen molar-refractivity contribution in [1.29, 1.82) is 0 Å². The van der Waals surface area contributed by atoms with Gasteiger partial charge in [-0.05, 0) is 43.5 Å². The maximum absolute atomic E-state index is 10.8. The first-order valence-corrected chi connectivity index (χ1v) is 6.46. The molecule has 2 N–H and O–H groups in total. The SMILES string of the molecule is CN(C)c1ccc(OCCCCCC(=O)NO)cc1. The van der Waals surface area contributed by atoms with Gasteiger partial charge in [0.25, 0.3) is 0 Å². The van der Waals surface area contributed by atoms with Crippen LogP contribution in [0.4, 0.5) is 5.69 Å². The van der Waals surface area contributed by atoms with Crippen molar-refractivity contribution in [2.24, 2.45) is 0 Å². The Morgan fingerprint density at radius 1 is 1.21 bits per heavy atom. The molecule has 0 unspecified atom stereocenters. The average molecular weight is 266 g/mol. The molecule has 5 heteroatoms. The molecule has 0 aliphatic heterocycles. The molecule has 0 fully saturated rings. The Morgan fingerprint density at radius 2 is 1.89 bits per heavy atom. The van der Waals surface area contributed by atoms with E-state index in [0.717, 1.165) is 30.7 Å². The summed E-state index contributed by atoms with van der Waals surface area (Å²) in [4.78, 5) is 12.8. The summed E-state index contributed by atoms with van der Waals surface area (Å²) in [5.41, 5.74) is 2.76. The van der Waals surface area contributed by atoms with Crippen LogP contribution in [-0.2, 0) is 4.79 Å². The zero-order valence-electron chi connectivity index (χ0n) is 11.6. The van der Waals surface area contributed by atoms with Crippen molar-refractivity contribution in [1.82, 2.24) is 5.48 Å². The number of anilines is 1. The minimum absolute atomic E-state index is 0.333. The Balaban J connectivity index is 2.14. The third kappa shape index (κ3) is 6.10. The van der Waals surface area contributed by atoms with E-state index >= 15 is 0 Å². The number of unbranched alkanes of at least 4 members (excludes halogenated alkanes) is 2. The molecule has 19 heavy (non-hydrogen) atoms. The number of ether oxygens (including phenoxy) is 1. The maximum atomic E-state index is 10.8. The summed E-state index contributed by atoms with van der Waals surface area (Å²) in [5.74, 6) is 0.527. The summed E-state index contributed by atoms with van der Waals surface area (Å²) in [6.07, 6.45) is 2.92. The lowest BCUT2D eigenvalue weighted by molar-refractivity contribution is -0.129. The van der Waals surface area contributed by atoms with Crippen LogP contribution in [0, 0.1) is 0 Å². The summed E-state index contributed by atoms with van der Waals surface area (Å²) in [7, 11) is 4.00. The highest BCUT2D eigenvalue weighted by atomic mass is 16.5. The lowest BCUT2D eigenvalue weighted by Crippen LogP contribution is -2.17. The van der Waals surface area contributed by atoms with Crippen LogP contribution in [0.25, 0.3) is 0 Å². The zero-order valence-corrected chi connectivity index (χ0v) is 11.6. The molecular formula is C14H22N2O3. The highest BCUT2D eigenvalue weighted by molar-refractivity contribution is 5.74. The van der Waals surface area contributed by atoms with Gasteiger partial charge in [0.15, 0.2) is 0 Å². The minimum Gasteiger partial charge on any atom is -0.494 e. The highest BCUT2D eigenvalue weighted by Gasteiger charge is 1.99. The molecule has 0 saturated carbocycles. The molecule has 0 saturated heterocycles. The summed E-state index contributed by atoms with van der Waals surface area (Å²) in [6, 6.07) is 7.94. The molecule has 1 amide bonds. The second-order valence-electron chi connectivity index (χ2n) is 4.58. The summed E-state index contributed by atoms with van der Waals surface area (Å²) < 4.78 is 5.61.